The van der Waals surface area contributed by atoms with Gasteiger partial charge in [-0.1, -0.05) is 0 Å². The van der Waals surface area contributed by atoms with E-state index in [0.29, 0.717) is 11.3 Å². The number of nitrogens with zero attached hydrogens (tertiary/aromatic N) is 4. The Balaban J connectivity index is 2.17. The lowest BCUT2D eigenvalue weighted by atomic mass is 10.4. The van der Waals surface area contributed by atoms with Gasteiger partial charge in [-0.25, -0.2) is 9.97 Å². The summed E-state index contributed by atoms with van der Waals surface area (Å²) in [7, 11) is 0. The molecule has 1 N–H and O–H groups in total. The number of aromatic nitrogens is 4. The molecule has 0 saturated carbocycles. The standard InChI is InChI=1S/C12H9N5/c13-9-3-6-17(7-4-9)12-15-8-11-10(16-12)2-1-5-14-11/h1-8,13H. The van der Waals surface area contributed by atoms with E-state index in [1.54, 1.807) is 41.5 Å². The molecule has 0 aliphatic carbocycles. The third-order valence-electron chi connectivity index (χ3n) is 2.40. The average molecular weight is 223 g/mol. The molecule has 3 heterocycles. The Morgan fingerprint density at radius 1 is 1.00 bits per heavy atom. The van der Waals surface area contributed by atoms with Crippen LogP contribution in [0.4, 0.5) is 0 Å². The van der Waals surface area contributed by atoms with Crippen LogP contribution in [0.2, 0.25) is 0 Å². The maximum absolute atomic E-state index is 7.42. The molecule has 5 heteroatoms. The normalized spacial score (nSPS) is 10.6. The Morgan fingerprint density at radius 2 is 1.82 bits per heavy atom. The molecule has 82 valence electrons. The van der Waals surface area contributed by atoms with E-state index in [2.05, 4.69) is 15.0 Å². The van der Waals surface area contributed by atoms with Gasteiger partial charge in [-0.3, -0.25) is 9.55 Å². The fourth-order valence-corrected chi connectivity index (χ4v) is 1.54. The molecular formula is C12H9N5. The molecule has 0 bridgehead atoms. The molecule has 0 aromatic carbocycles. The molecule has 0 amide bonds. The van der Waals surface area contributed by atoms with Gasteiger partial charge in [-0.2, -0.15) is 0 Å². The number of rotatable bonds is 1. The van der Waals surface area contributed by atoms with Crippen molar-refractivity contribution in [1.29, 1.82) is 5.41 Å². The van der Waals surface area contributed by atoms with Crippen LogP contribution in [-0.2, 0) is 0 Å². The first-order valence-electron chi connectivity index (χ1n) is 5.14. The number of hydrogen-bond acceptors (Lipinski definition) is 4. The van der Waals surface area contributed by atoms with Crippen LogP contribution in [0.15, 0.2) is 49.1 Å². The monoisotopic (exact) mass is 223 g/mol. The molecule has 5 nitrogen and oxygen atoms in total. The number of pyridine rings is 2. The number of nitrogens with one attached hydrogen (secondary N) is 1. The Morgan fingerprint density at radius 3 is 2.65 bits per heavy atom. The highest BCUT2D eigenvalue weighted by molar-refractivity contribution is 5.72. The van der Waals surface area contributed by atoms with Crippen molar-refractivity contribution in [2.24, 2.45) is 0 Å². The van der Waals surface area contributed by atoms with Crippen molar-refractivity contribution < 1.29 is 0 Å². The molecule has 0 fully saturated rings. The Kier molecular flexibility index (Phi) is 2.15. The van der Waals surface area contributed by atoms with Crippen molar-refractivity contribution in [3.8, 4) is 5.95 Å². The zero-order valence-corrected chi connectivity index (χ0v) is 8.91. The molecule has 0 unspecified atom stereocenters. The molecule has 0 aliphatic heterocycles. The van der Waals surface area contributed by atoms with Gasteiger partial charge in [0.1, 0.15) is 5.52 Å². The van der Waals surface area contributed by atoms with E-state index in [9.17, 15) is 0 Å². The highest BCUT2D eigenvalue weighted by Gasteiger charge is 2.00. The summed E-state index contributed by atoms with van der Waals surface area (Å²) < 4.78 is 1.77. The second-order valence-corrected chi connectivity index (χ2v) is 3.57. The maximum atomic E-state index is 7.42. The van der Waals surface area contributed by atoms with Gasteiger partial charge in [0, 0.05) is 18.6 Å². The molecule has 17 heavy (non-hydrogen) atoms. The van der Waals surface area contributed by atoms with Crippen molar-refractivity contribution in [3.63, 3.8) is 0 Å². The Bertz CT molecular complexity index is 712. The SMILES string of the molecule is N=c1ccn(-c2ncc3ncccc3n2)cc1. The summed E-state index contributed by atoms with van der Waals surface area (Å²) in [5.74, 6) is 0.575. The molecule has 0 atom stereocenters. The van der Waals surface area contributed by atoms with Gasteiger partial charge in [0.05, 0.1) is 17.1 Å². The topological polar surface area (TPSA) is 67.5 Å². The van der Waals surface area contributed by atoms with Crippen LogP contribution in [-0.4, -0.2) is 19.5 Å². The van der Waals surface area contributed by atoms with Crippen LogP contribution in [0.5, 0.6) is 0 Å². The molecule has 0 saturated heterocycles. The minimum Gasteiger partial charge on any atom is -0.301 e. The van der Waals surface area contributed by atoms with Crippen molar-refractivity contribution in [2.75, 3.05) is 0 Å². The molecule has 3 aromatic rings. The summed E-state index contributed by atoms with van der Waals surface area (Å²) in [6.45, 7) is 0. The lowest BCUT2D eigenvalue weighted by Crippen LogP contribution is -2.05. The maximum Gasteiger partial charge on any atom is 0.234 e. The van der Waals surface area contributed by atoms with E-state index < -0.39 is 0 Å². The van der Waals surface area contributed by atoms with E-state index in [0.717, 1.165) is 11.0 Å². The summed E-state index contributed by atoms with van der Waals surface area (Å²) in [6.07, 6.45) is 6.94. The summed E-state index contributed by atoms with van der Waals surface area (Å²) in [6, 6.07) is 7.12. The third kappa shape index (κ3) is 1.78. The zero-order valence-electron chi connectivity index (χ0n) is 8.91. The summed E-state index contributed by atoms with van der Waals surface area (Å²) in [4.78, 5) is 12.8. The molecule has 3 rings (SSSR count). The van der Waals surface area contributed by atoms with Gasteiger partial charge in [-0.05, 0) is 24.3 Å². The van der Waals surface area contributed by atoms with Crippen molar-refractivity contribution in [2.45, 2.75) is 0 Å². The summed E-state index contributed by atoms with van der Waals surface area (Å²) >= 11 is 0. The minimum atomic E-state index is 0.462. The van der Waals surface area contributed by atoms with Crippen molar-refractivity contribution >= 4 is 11.0 Å². The van der Waals surface area contributed by atoms with Gasteiger partial charge in [-0.15, -0.1) is 0 Å². The molecule has 3 aromatic heterocycles. The van der Waals surface area contributed by atoms with Crippen LogP contribution in [0.3, 0.4) is 0 Å². The fourth-order valence-electron chi connectivity index (χ4n) is 1.54. The quantitative estimate of drug-likeness (QED) is 0.676. The smallest absolute Gasteiger partial charge is 0.234 e. The van der Waals surface area contributed by atoms with E-state index >= 15 is 0 Å². The molecule has 0 aliphatic rings. The van der Waals surface area contributed by atoms with Crippen LogP contribution in [0.25, 0.3) is 17.0 Å². The second kappa shape index (κ2) is 3.79. The van der Waals surface area contributed by atoms with Crippen molar-refractivity contribution in [3.05, 3.63) is 54.4 Å². The van der Waals surface area contributed by atoms with Crippen LogP contribution < -0.4 is 5.36 Å². The predicted molar refractivity (Wildman–Crippen MR) is 62.5 cm³/mol. The average Bonchev–Trinajstić information content (AvgIpc) is 2.39. The first-order valence-corrected chi connectivity index (χ1v) is 5.14. The van der Waals surface area contributed by atoms with Crippen molar-refractivity contribution in [1.82, 2.24) is 19.5 Å². The van der Waals surface area contributed by atoms with Crippen LogP contribution >= 0.6 is 0 Å². The van der Waals surface area contributed by atoms with Gasteiger partial charge >= 0.3 is 0 Å². The lowest BCUT2D eigenvalue weighted by Gasteiger charge is -2.04. The first kappa shape index (κ1) is 9.65. The highest BCUT2D eigenvalue weighted by Crippen LogP contribution is 2.08. The van der Waals surface area contributed by atoms with E-state index in [-0.39, 0.29) is 0 Å². The first-order chi connectivity index (χ1) is 8.33. The third-order valence-corrected chi connectivity index (χ3v) is 2.40. The lowest BCUT2D eigenvalue weighted by molar-refractivity contribution is 0.923. The molecule has 0 radical (unpaired) electrons. The van der Waals surface area contributed by atoms with Crippen LogP contribution in [0, 0.1) is 5.41 Å². The van der Waals surface area contributed by atoms with Gasteiger partial charge in [0.15, 0.2) is 0 Å². The summed E-state index contributed by atoms with van der Waals surface area (Å²) in [5.41, 5.74) is 1.58. The van der Waals surface area contributed by atoms with E-state index in [4.69, 9.17) is 5.41 Å². The highest BCUT2D eigenvalue weighted by atomic mass is 15.1. The Hall–Kier alpha value is -2.56. The zero-order chi connectivity index (χ0) is 11.7. The molecule has 0 spiro atoms. The fraction of sp³-hybridized carbons (Fsp3) is 0. The summed E-state index contributed by atoms with van der Waals surface area (Å²) in [5, 5.41) is 7.88. The Labute approximate surface area is 96.9 Å². The molecular weight excluding hydrogens is 214 g/mol. The van der Waals surface area contributed by atoms with Gasteiger partial charge in [0.25, 0.3) is 0 Å². The predicted octanol–water partition coefficient (Wildman–Crippen LogP) is 1.29. The van der Waals surface area contributed by atoms with Gasteiger partial charge < -0.3 is 5.41 Å². The van der Waals surface area contributed by atoms with Crippen LogP contribution in [0.1, 0.15) is 0 Å². The van der Waals surface area contributed by atoms with E-state index in [1.165, 1.54) is 0 Å². The minimum absolute atomic E-state index is 0.462. The number of fused-ring (bicyclic) bond motifs is 1. The number of hydrogen-bond donors (Lipinski definition) is 1. The largest absolute Gasteiger partial charge is 0.301 e. The van der Waals surface area contributed by atoms with E-state index in [1.807, 2.05) is 12.1 Å². The van der Waals surface area contributed by atoms with Gasteiger partial charge in [0.2, 0.25) is 5.95 Å². The second-order valence-electron chi connectivity index (χ2n) is 3.57.